The van der Waals surface area contributed by atoms with Crippen molar-refractivity contribution in [2.24, 2.45) is 4.99 Å². The molecule has 2 rings (SSSR count). The van der Waals surface area contributed by atoms with E-state index in [9.17, 15) is 4.39 Å². The van der Waals surface area contributed by atoms with Crippen molar-refractivity contribution < 1.29 is 4.39 Å². The van der Waals surface area contributed by atoms with Crippen LogP contribution in [0.5, 0.6) is 0 Å². The molecule has 2 N–H and O–H groups in total. The largest absolute Gasteiger partial charge is 0.375 e. The number of aliphatic imine (C=N–C) groups is 1. The molecule has 0 amide bonds. The van der Waals surface area contributed by atoms with E-state index in [1.54, 1.807) is 18.0 Å². The Bertz CT molecular complexity index is 513. The lowest BCUT2D eigenvalue weighted by Crippen LogP contribution is -2.43. The molecule has 6 heteroatoms. The molecule has 130 valence electrons. The molecule has 0 spiro atoms. The summed E-state index contributed by atoms with van der Waals surface area (Å²) in [7, 11) is 5.45. The first-order valence-corrected chi connectivity index (χ1v) is 8.03. The van der Waals surface area contributed by atoms with Crippen molar-refractivity contribution in [3.63, 3.8) is 0 Å². The third kappa shape index (κ3) is 6.16. The maximum absolute atomic E-state index is 14.0. The molecule has 0 unspecified atom stereocenters. The van der Waals surface area contributed by atoms with Crippen LogP contribution in [-0.4, -0.2) is 33.1 Å². The first kappa shape index (κ1) is 20.0. The van der Waals surface area contributed by atoms with Gasteiger partial charge in [-0.1, -0.05) is 25.3 Å². The Labute approximate surface area is 156 Å². The number of hydrogen-bond donors (Lipinski definition) is 2. The van der Waals surface area contributed by atoms with Crippen molar-refractivity contribution in [3.8, 4) is 0 Å². The zero-order chi connectivity index (χ0) is 15.9. The van der Waals surface area contributed by atoms with E-state index in [2.05, 4.69) is 15.6 Å². The predicted molar refractivity (Wildman–Crippen MR) is 106 cm³/mol. The molecule has 4 nitrogen and oxygen atoms in total. The zero-order valence-electron chi connectivity index (χ0n) is 14.2. The SMILES string of the molecule is CN=C(NCc1ccc(N(C)C)c(F)c1)NC1CCCCC1.I. The van der Waals surface area contributed by atoms with Gasteiger partial charge >= 0.3 is 0 Å². The number of guanidine groups is 1. The molecule has 0 heterocycles. The molecule has 1 aliphatic rings. The summed E-state index contributed by atoms with van der Waals surface area (Å²) >= 11 is 0. The summed E-state index contributed by atoms with van der Waals surface area (Å²) in [6, 6.07) is 5.84. The van der Waals surface area contributed by atoms with E-state index in [-0.39, 0.29) is 29.8 Å². The Balaban J connectivity index is 0.00000264. The van der Waals surface area contributed by atoms with Gasteiger partial charge in [-0.05, 0) is 30.5 Å². The summed E-state index contributed by atoms with van der Waals surface area (Å²) in [5, 5.41) is 6.72. The highest BCUT2D eigenvalue weighted by molar-refractivity contribution is 14.0. The first-order valence-electron chi connectivity index (χ1n) is 8.03. The summed E-state index contributed by atoms with van der Waals surface area (Å²) in [6.07, 6.45) is 6.30. The second-order valence-corrected chi connectivity index (χ2v) is 6.09. The molecule has 0 radical (unpaired) electrons. The van der Waals surface area contributed by atoms with Crippen LogP contribution in [0.1, 0.15) is 37.7 Å². The van der Waals surface area contributed by atoms with Crippen LogP contribution in [0.3, 0.4) is 0 Å². The van der Waals surface area contributed by atoms with Gasteiger partial charge in [-0.15, -0.1) is 24.0 Å². The van der Waals surface area contributed by atoms with Gasteiger partial charge in [0.15, 0.2) is 5.96 Å². The van der Waals surface area contributed by atoms with Crippen LogP contribution in [0.4, 0.5) is 10.1 Å². The van der Waals surface area contributed by atoms with Gasteiger partial charge in [0.05, 0.1) is 5.69 Å². The lowest BCUT2D eigenvalue weighted by atomic mass is 9.96. The minimum atomic E-state index is -0.195. The Morgan fingerprint density at radius 3 is 2.52 bits per heavy atom. The molecule has 1 aromatic carbocycles. The quantitative estimate of drug-likeness (QED) is 0.433. The van der Waals surface area contributed by atoms with Crippen LogP contribution in [0, 0.1) is 5.82 Å². The number of anilines is 1. The molecular weight excluding hydrogens is 406 g/mol. The van der Waals surface area contributed by atoms with Crippen molar-refractivity contribution >= 4 is 35.6 Å². The maximum atomic E-state index is 14.0. The lowest BCUT2D eigenvalue weighted by molar-refractivity contribution is 0.410. The van der Waals surface area contributed by atoms with Crippen LogP contribution in [0.25, 0.3) is 0 Å². The summed E-state index contributed by atoms with van der Waals surface area (Å²) in [5.41, 5.74) is 1.52. The van der Waals surface area contributed by atoms with Crippen molar-refractivity contribution in [2.75, 3.05) is 26.0 Å². The van der Waals surface area contributed by atoms with E-state index in [4.69, 9.17) is 0 Å². The molecule has 0 aromatic heterocycles. The van der Waals surface area contributed by atoms with Crippen molar-refractivity contribution in [2.45, 2.75) is 44.7 Å². The molecular formula is C17H28FIN4. The van der Waals surface area contributed by atoms with Crippen molar-refractivity contribution in [3.05, 3.63) is 29.6 Å². The summed E-state index contributed by atoms with van der Waals surface area (Å²) in [5.74, 6) is 0.600. The molecule has 1 aromatic rings. The maximum Gasteiger partial charge on any atom is 0.191 e. The van der Waals surface area contributed by atoms with Gasteiger partial charge in [-0.2, -0.15) is 0 Å². The van der Waals surface area contributed by atoms with E-state index in [0.717, 1.165) is 11.5 Å². The van der Waals surface area contributed by atoms with Crippen LogP contribution in [0.2, 0.25) is 0 Å². The van der Waals surface area contributed by atoms with Gasteiger partial charge in [0, 0.05) is 33.7 Å². The Hall–Kier alpha value is -1.05. The van der Waals surface area contributed by atoms with Gasteiger partial charge in [-0.25, -0.2) is 4.39 Å². The fraction of sp³-hybridized carbons (Fsp3) is 0.588. The fourth-order valence-corrected chi connectivity index (χ4v) is 2.84. The normalized spacial score (nSPS) is 15.7. The Kier molecular flexibility index (Phi) is 8.65. The lowest BCUT2D eigenvalue weighted by Gasteiger charge is -2.25. The smallest absolute Gasteiger partial charge is 0.191 e. The fourth-order valence-electron chi connectivity index (χ4n) is 2.84. The second kappa shape index (κ2) is 9.95. The van der Waals surface area contributed by atoms with Gasteiger partial charge in [-0.3, -0.25) is 4.99 Å². The van der Waals surface area contributed by atoms with E-state index in [1.807, 2.05) is 26.2 Å². The molecule has 0 saturated heterocycles. The Morgan fingerprint density at radius 2 is 1.96 bits per heavy atom. The highest BCUT2D eigenvalue weighted by atomic mass is 127. The standard InChI is InChI=1S/C17H27FN4.HI/c1-19-17(21-14-7-5-4-6-8-14)20-12-13-9-10-16(22(2)3)15(18)11-13;/h9-11,14H,4-8,12H2,1-3H3,(H2,19,20,21);1H. The van der Waals surface area contributed by atoms with E-state index >= 15 is 0 Å². The summed E-state index contributed by atoms with van der Waals surface area (Å²) in [6.45, 7) is 0.566. The van der Waals surface area contributed by atoms with Crippen molar-refractivity contribution in [1.82, 2.24) is 10.6 Å². The van der Waals surface area contributed by atoms with Gasteiger partial charge in [0.25, 0.3) is 0 Å². The number of benzene rings is 1. The first-order chi connectivity index (χ1) is 10.6. The number of nitrogens with zero attached hydrogens (tertiary/aromatic N) is 2. The minimum Gasteiger partial charge on any atom is -0.375 e. The third-order valence-corrected chi connectivity index (χ3v) is 4.12. The number of nitrogens with one attached hydrogen (secondary N) is 2. The average Bonchev–Trinajstić information content (AvgIpc) is 2.52. The summed E-state index contributed by atoms with van der Waals surface area (Å²) in [4.78, 5) is 6.03. The highest BCUT2D eigenvalue weighted by Crippen LogP contribution is 2.19. The number of halogens is 2. The third-order valence-electron chi connectivity index (χ3n) is 4.12. The Morgan fingerprint density at radius 1 is 1.26 bits per heavy atom. The molecule has 1 aliphatic carbocycles. The number of hydrogen-bond acceptors (Lipinski definition) is 2. The summed E-state index contributed by atoms with van der Waals surface area (Å²) < 4.78 is 14.0. The minimum absolute atomic E-state index is 0. The monoisotopic (exact) mass is 434 g/mol. The topological polar surface area (TPSA) is 39.7 Å². The zero-order valence-corrected chi connectivity index (χ0v) is 16.6. The van der Waals surface area contributed by atoms with Crippen LogP contribution in [-0.2, 0) is 6.54 Å². The van der Waals surface area contributed by atoms with Crippen LogP contribution >= 0.6 is 24.0 Å². The van der Waals surface area contributed by atoms with Gasteiger partial charge < -0.3 is 15.5 Å². The number of rotatable bonds is 4. The molecule has 1 fully saturated rings. The average molecular weight is 434 g/mol. The highest BCUT2D eigenvalue weighted by Gasteiger charge is 2.14. The molecule has 1 saturated carbocycles. The van der Waals surface area contributed by atoms with E-state index < -0.39 is 0 Å². The van der Waals surface area contributed by atoms with Gasteiger partial charge in [0.2, 0.25) is 0 Å². The van der Waals surface area contributed by atoms with E-state index in [1.165, 1.54) is 32.1 Å². The predicted octanol–water partition coefficient (Wildman–Crippen LogP) is 3.51. The van der Waals surface area contributed by atoms with Crippen LogP contribution < -0.4 is 15.5 Å². The van der Waals surface area contributed by atoms with Crippen LogP contribution in [0.15, 0.2) is 23.2 Å². The van der Waals surface area contributed by atoms with Crippen molar-refractivity contribution in [1.29, 1.82) is 0 Å². The molecule has 0 bridgehead atoms. The molecule has 0 atom stereocenters. The molecule has 23 heavy (non-hydrogen) atoms. The van der Waals surface area contributed by atoms with E-state index in [0.29, 0.717) is 18.3 Å². The second-order valence-electron chi connectivity index (χ2n) is 6.09. The molecule has 0 aliphatic heterocycles. The van der Waals surface area contributed by atoms with Gasteiger partial charge in [0.1, 0.15) is 5.82 Å².